The van der Waals surface area contributed by atoms with Gasteiger partial charge in [-0.1, -0.05) is 0 Å². The Balaban J connectivity index is 2.37. The Bertz CT molecular complexity index is 416. The zero-order chi connectivity index (χ0) is 12.3. The van der Waals surface area contributed by atoms with E-state index in [1.807, 2.05) is 0 Å². The van der Waals surface area contributed by atoms with Crippen LogP contribution < -0.4 is 4.74 Å². The molecule has 0 bridgehead atoms. The molecule has 1 aromatic rings. The summed E-state index contributed by atoms with van der Waals surface area (Å²) in [6.07, 6.45) is 1.57. The van der Waals surface area contributed by atoms with Gasteiger partial charge < -0.3 is 9.47 Å². The third-order valence-electron chi connectivity index (χ3n) is 3.06. The lowest BCUT2D eigenvalue weighted by Crippen LogP contribution is -2.14. The Morgan fingerprint density at radius 3 is 2.71 bits per heavy atom. The molecule has 0 unspecified atom stereocenters. The first-order valence-corrected chi connectivity index (χ1v) is 5.54. The molecule has 0 saturated carbocycles. The Labute approximate surface area is 98.7 Å². The molecule has 4 nitrogen and oxygen atoms in total. The van der Waals surface area contributed by atoms with E-state index in [0.717, 1.165) is 12.8 Å². The van der Waals surface area contributed by atoms with Crippen molar-refractivity contribution >= 4 is 5.69 Å². The number of hydrogen-bond acceptors (Lipinski definition) is 4. The molecule has 1 fully saturated rings. The van der Waals surface area contributed by atoms with Crippen LogP contribution >= 0.6 is 0 Å². The van der Waals surface area contributed by atoms with Crippen molar-refractivity contribution in [3.63, 3.8) is 0 Å². The van der Waals surface area contributed by atoms with Crippen molar-refractivity contribution in [3.8, 4) is 5.75 Å². The third-order valence-corrected chi connectivity index (χ3v) is 3.06. The summed E-state index contributed by atoms with van der Waals surface area (Å²) >= 11 is 0. The topological polar surface area (TPSA) is 47.9 Å². The van der Waals surface area contributed by atoms with Gasteiger partial charge in [0.25, 0.3) is 0 Å². The van der Waals surface area contributed by atoms with Gasteiger partial charge in [0.1, 0.15) is 5.69 Å². The van der Waals surface area contributed by atoms with Crippen molar-refractivity contribution in [3.05, 3.63) is 28.4 Å². The zero-order valence-corrected chi connectivity index (χ0v) is 9.61. The third kappa shape index (κ3) is 2.44. The quantitative estimate of drug-likeness (QED) is 0.761. The smallest absolute Gasteiger partial charge is 0.165 e. The Hall–Kier alpha value is -1.49. The Kier molecular flexibility index (Phi) is 3.68. The van der Waals surface area contributed by atoms with E-state index in [1.165, 1.54) is 19.2 Å². The molecular formula is C12H14FNO3. The fourth-order valence-electron chi connectivity index (χ4n) is 2.13. The van der Waals surface area contributed by atoms with Crippen LogP contribution in [-0.4, -0.2) is 20.3 Å². The predicted octanol–water partition coefficient (Wildman–Crippen LogP) is 3.13. The monoisotopic (exact) mass is 239 g/mol. The van der Waals surface area contributed by atoms with Crippen LogP contribution in [0.1, 0.15) is 24.3 Å². The van der Waals surface area contributed by atoms with Gasteiger partial charge in [0.05, 0.1) is 7.11 Å². The molecule has 0 amide bonds. The largest absolute Gasteiger partial charge is 0.494 e. The molecule has 17 heavy (non-hydrogen) atoms. The number of halogens is 1. The van der Waals surface area contributed by atoms with Gasteiger partial charge in [-0.15, -0.1) is 4.91 Å². The van der Waals surface area contributed by atoms with Crippen LogP contribution in [0.15, 0.2) is 17.3 Å². The Morgan fingerprint density at radius 2 is 2.12 bits per heavy atom. The molecule has 0 radical (unpaired) electrons. The number of benzene rings is 1. The van der Waals surface area contributed by atoms with Gasteiger partial charge in [-0.05, 0) is 35.6 Å². The summed E-state index contributed by atoms with van der Waals surface area (Å²) in [6.45, 7) is 1.27. The van der Waals surface area contributed by atoms with E-state index in [0.29, 0.717) is 18.8 Å². The molecule has 1 aliphatic heterocycles. The van der Waals surface area contributed by atoms with Crippen LogP contribution in [0.2, 0.25) is 0 Å². The van der Waals surface area contributed by atoms with Crippen molar-refractivity contribution in [2.24, 2.45) is 5.18 Å². The van der Waals surface area contributed by atoms with Gasteiger partial charge in [0.2, 0.25) is 0 Å². The second-order valence-corrected chi connectivity index (χ2v) is 4.02. The molecule has 1 saturated heterocycles. The second kappa shape index (κ2) is 5.23. The van der Waals surface area contributed by atoms with Crippen LogP contribution in [-0.2, 0) is 4.74 Å². The van der Waals surface area contributed by atoms with E-state index in [9.17, 15) is 9.30 Å². The summed E-state index contributed by atoms with van der Waals surface area (Å²) < 4.78 is 23.7. The highest BCUT2D eigenvalue weighted by atomic mass is 19.1. The summed E-state index contributed by atoms with van der Waals surface area (Å²) in [6, 6.07) is 2.71. The molecular weight excluding hydrogens is 225 g/mol. The first-order valence-electron chi connectivity index (χ1n) is 5.54. The first kappa shape index (κ1) is 12.0. The zero-order valence-electron chi connectivity index (χ0n) is 9.61. The van der Waals surface area contributed by atoms with E-state index >= 15 is 0 Å². The fourth-order valence-corrected chi connectivity index (χ4v) is 2.13. The van der Waals surface area contributed by atoms with Gasteiger partial charge >= 0.3 is 0 Å². The maximum atomic E-state index is 13.6. The van der Waals surface area contributed by atoms with Crippen molar-refractivity contribution in [1.82, 2.24) is 0 Å². The van der Waals surface area contributed by atoms with E-state index < -0.39 is 5.82 Å². The minimum absolute atomic E-state index is 0.0513. The molecule has 0 N–H and O–H groups in total. The van der Waals surface area contributed by atoms with Gasteiger partial charge in [0, 0.05) is 19.3 Å². The molecule has 0 aromatic heterocycles. The summed E-state index contributed by atoms with van der Waals surface area (Å²) in [4.78, 5) is 10.8. The molecule has 1 heterocycles. The lowest BCUT2D eigenvalue weighted by atomic mass is 9.90. The van der Waals surface area contributed by atoms with Crippen LogP contribution in [0.5, 0.6) is 5.75 Å². The van der Waals surface area contributed by atoms with Crippen molar-refractivity contribution < 1.29 is 13.9 Å². The van der Waals surface area contributed by atoms with Gasteiger partial charge in [-0.25, -0.2) is 4.39 Å². The lowest BCUT2D eigenvalue weighted by Gasteiger charge is -2.23. The lowest BCUT2D eigenvalue weighted by molar-refractivity contribution is 0.0853. The van der Waals surface area contributed by atoms with E-state index in [4.69, 9.17) is 9.47 Å². The molecule has 1 aliphatic rings. The predicted molar refractivity (Wildman–Crippen MR) is 61.2 cm³/mol. The number of nitroso groups, excluding NO2 is 1. The minimum Gasteiger partial charge on any atom is -0.494 e. The summed E-state index contributed by atoms with van der Waals surface area (Å²) in [7, 11) is 1.36. The average Bonchev–Trinajstić information content (AvgIpc) is 2.39. The van der Waals surface area contributed by atoms with E-state index in [2.05, 4.69) is 5.18 Å². The second-order valence-electron chi connectivity index (χ2n) is 4.02. The standard InChI is InChI=1S/C12H14FNO3/c1-16-12-7-11(14-15)9(6-10(12)13)8-2-4-17-5-3-8/h6-8H,2-5H2,1H3. The van der Waals surface area contributed by atoms with Crippen LogP contribution in [0, 0.1) is 10.7 Å². The van der Waals surface area contributed by atoms with Gasteiger partial charge in [-0.2, -0.15) is 0 Å². The molecule has 1 aromatic carbocycles. The van der Waals surface area contributed by atoms with Crippen LogP contribution in [0.4, 0.5) is 10.1 Å². The first-order chi connectivity index (χ1) is 8.26. The molecule has 2 rings (SSSR count). The maximum absolute atomic E-state index is 13.6. The van der Waals surface area contributed by atoms with E-state index in [-0.39, 0.29) is 17.4 Å². The Morgan fingerprint density at radius 1 is 1.41 bits per heavy atom. The molecule has 0 spiro atoms. The van der Waals surface area contributed by atoms with Gasteiger partial charge in [0.15, 0.2) is 11.6 Å². The number of nitrogens with zero attached hydrogens (tertiary/aromatic N) is 1. The van der Waals surface area contributed by atoms with E-state index in [1.54, 1.807) is 0 Å². The minimum atomic E-state index is -0.457. The molecule has 0 atom stereocenters. The van der Waals surface area contributed by atoms with Crippen molar-refractivity contribution in [2.75, 3.05) is 20.3 Å². The summed E-state index contributed by atoms with van der Waals surface area (Å²) in [5.41, 5.74) is 0.914. The number of ether oxygens (including phenoxy) is 2. The van der Waals surface area contributed by atoms with Crippen molar-refractivity contribution in [2.45, 2.75) is 18.8 Å². The van der Waals surface area contributed by atoms with Crippen LogP contribution in [0.25, 0.3) is 0 Å². The average molecular weight is 239 g/mol. The highest BCUT2D eigenvalue weighted by molar-refractivity contribution is 5.53. The van der Waals surface area contributed by atoms with Crippen molar-refractivity contribution in [1.29, 1.82) is 0 Å². The normalized spacial score (nSPS) is 16.8. The SMILES string of the molecule is COc1cc(N=O)c(C2CCOCC2)cc1F. The number of methoxy groups -OCH3 is 1. The summed E-state index contributed by atoms with van der Waals surface area (Å²) in [5, 5.41) is 2.96. The highest BCUT2D eigenvalue weighted by Gasteiger charge is 2.21. The molecule has 5 heteroatoms. The molecule has 92 valence electrons. The fraction of sp³-hybridized carbons (Fsp3) is 0.500. The number of hydrogen-bond donors (Lipinski definition) is 0. The molecule has 0 aliphatic carbocycles. The highest BCUT2D eigenvalue weighted by Crippen LogP contribution is 2.37. The summed E-state index contributed by atoms with van der Waals surface area (Å²) in [5.74, 6) is -0.270. The number of rotatable bonds is 3. The van der Waals surface area contributed by atoms with Crippen LogP contribution in [0.3, 0.4) is 0 Å². The maximum Gasteiger partial charge on any atom is 0.165 e. The van der Waals surface area contributed by atoms with Gasteiger partial charge in [-0.3, -0.25) is 0 Å².